The fourth-order valence-electron chi connectivity index (χ4n) is 3.74. The summed E-state index contributed by atoms with van der Waals surface area (Å²) in [5.41, 5.74) is 10.7. The zero-order valence-electron chi connectivity index (χ0n) is 14.8. The van der Waals surface area contributed by atoms with Gasteiger partial charge in [0.15, 0.2) is 0 Å². The van der Waals surface area contributed by atoms with E-state index in [1.54, 1.807) is 0 Å². The van der Waals surface area contributed by atoms with Gasteiger partial charge in [0.05, 0.1) is 11.9 Å². The predicted octanol–water partition coefficient (Wildman–Crippen LogP) is 2.75. The third-order valence-electron chi connectivity index (χ3n) is 5.12. The van der Waals surface area contributed by atoms with Crippen molar-refractivity contribution in [2.45, 2.75) is 31.7 Å². The molecule has 6 nitrogen and oxygen atoms in total. The minimum absolute atomic E-state index is 0.535. The summed E-state index contributed by atoms with van der Waals surface area (Å²) in [7, 11) is 0. The van der Waals surface area contributed by atoms with Crippen LogP contribution < -0.4 is 5.73 Å². The van der Waals surface area contributed by atoms with Gasteiger partial charge in [-0.2, -0.15) is 5.10 Å². The molecule has 3 N–H and O–H groups in total. The Balaban J connectivity index is 1.37. The van der Waals surface area contributed by atoms with Crippen molar-refractivity contribution in [3.05, 3.63) is 71.4 Å². The summed E-state index contributed by atoms with van der Waals surface area (Å²) in [4.78, 5) is 10.7. The first-order chi connectivity index (χ1) is 12.8. The molecule has 0 atom stereocenters. The average molecular weight is 348 g/mol. The van der Waals surface area contributed by atoms with Crippen molar-refractivity contribution < 1.29 is 0 Å². The second kappa shape index (κ2) is 7.66. The van der Waals surface area contributed by atoms with Gasteiger partial charge in [-0.15, -0.1) is 0 Å². The molecule has 0 unspecified atom stereocenters. The lowest BCUT2D eigenvalue weighted by atomic mass is 9.89. The quantitative estimate of drug-likeness (QED) is 0.741. The van der Waals surface area contributed by atoms with Crippen molar-refractivity contribution in [1.29, 1.82) is 0 Å². The molecule has 3 heterocycles. The smallest absolute Gasteiger partial charge is 0.127 e. The molecule has 3 aromatic rings. The van der Waals surface area contributed by atoms with Crippen LogP contribution in [-0.4, -0.2) is 38.2 Å². The van der Waals surface area contributed by atoms with Gasteiger partial charge in [0.2, 0.25) is 0 Å². The van der Waals surface area contributed by atoms with Gasteiger partial charge in [0.1, 0.15) is 12.1 Å². The van der Waals surface area contributed by atoms with Crippen molar-refractivity contribution in [2.24, 2.45) is 0 Å². The molecule has 0 spiro atoms. The molecule has 6 heteroatoms. The van der Waals surface area contributed by atoms with E-state index < -0.39 is 0 Å². The molecular formula is C20H24N6. The zero-order chi connectivity index (χ0) is 17.8. The molecule has 1 aliphatic heterocycles. The number of aromatic nitrogens is 4. The normalized spacial score (nSPS) is 16.0. The molecule has 0 radical (unpaired) electrons. The van der Waals surface area contributed by atoms with Crippen molar-refractivity contribution in [2.75, 3.05) is 18.8 Å². The Labute approximate surface area is 153 Å². The fourth-order valence-corrected chi connectivity index (χ4v) is 3.74. The summed E-state index contributed by atoms with van der Waals surface area (Å²) in [6.07, 6.45) is 6.72. The van der Waals surface area contributed by atoms with Crippen molar-refractivity contribution >= 4 is 5.82 Å². The summed E-state index contributed by atoms with van der Waals surface area (Å²) in [5, 5.41) is 7.58. The number of H-pyrrole nitrogens is 1. The average Bonchev–Trinajstić information content (AvgIpc) is 3.11. The fraction of sp³-hybridized carbons (Fsp3) is 0.350. The van der Waals surface area contributed by atoms with E-state index in [1.807, 2.05) is 12.3 Å². The van der Waals surface area contributed by atoms with Gasteiger partial charge in [-0.05, 0) is 37.1 Å². The van der Waals surface area contributed by atoms with Gasteiger partial charge < -0.3 is 5.73 Å². The number of nitrogens with zero attached hydrogens (tertiary/aromatic N) is 4. The van der Waals surface area contributed by atoms with Crippen LogP contribution in [-0.2, 0) is 13.0 Å². The first-order valence-corrected chi connectivity index (χ1v) is 9.13. The highest BCUT2D eigenvalue weighted by Gasteiger charge is 2.24. The Morgan fingerprint density at radius 3 is 2.69 bits per heavy atom. The molecule has 1 fully saturated rings. The van der Waals surface area contributed by atoms with Gasteiger partial charge in [-0.1, -0.05) is 30.3 Å². The van der Waals surface area contributed by atoms with Crippen LogP contribution in [0, 0.1) is 0 Å². The Kier molecular flexibility index (Phi) is 4.93. The van der Waals surface area contributed by atoms with Crippen LogP contribution >= 0.6 is 0 Å². The van der Waals surface area contributed by atoms with Crippen molar-refractivity contribution in [3.8, 4) is 0 Å². The zero-order valence-corrected chi connectivity index (χ0v) is 14.8. The minimum Gasteiger partial charge on any atom is -0.384 e. The largest absolute Gasteiger partial charge is 0.384 e. The molecule has 0 bridgehead atoms. The number of nitrogens with one attached hydrogen (secondary N) is 1. The van der Waals surface area contributed by atoms with E-state index in [2.05, 4.69) is 55.4 Å². The molecule has 4 rings (SSSR count). The van der Waals surface area contributed by atoms with Crippen LogP contribution in [0.5, 0.6) is 0 Å². The van der Waals surface area contributed by atoms with Crippen LogP contribution in [0.15, 0.2) is 48.9 Å². The number of anilines is 1. The highest BCUT2D eigenvalue weighted by molar-refractivity contribution is 5.30. The maximum atomic E-state index is 5.75. The summed E-state index contributed by atoms with van der Waals surface area (Å²) in [6, 6.07) is 12.4. The van der Waals surface area contributed by atoms with E-state index in [4.69, 9.17) is 5.73 Å². The summed E-state index contributed by atoms with van der Waals surface area (Å²) >= 11 is 0. The number of hydrogen-bond acceptors (Lipinski definition) is 5. The number of nitrogen functional groups attached to an aromatic ring is 1. The minimum atomic E-state index is 0.535. The first kappa shape index (κ1) is 16.7. The maximum Gasteiger partial charge on any atom is 0.127 e. The van der Waals surface area contributed by atoms with Crippen molar-refractivity contribution in [3.63, 3.8) is 0 Å². The van der Waals surface area contributed by atoms with E-state index in [9.17, 15) is 0 Å². The lowest BCUT2D eigenvalue weighted by Crippen LogP contribution is -2.33. The Morgan fingerprint density at radius 2 is 1.92 bits per heavy atom. The van der Waals surface area contributed by atoms with Crippen LogP contribution in [0.2, 0.25) is 0 Å². The molecule has 26 heavy (non-hydrogen) atoms. The molecule has 1 aromatic carbocycles. The lowest BCUT2D eigenvalue weighted by molar-refractivity contribution is 0.201. The summed E-state index contributed by atoms with van der Waals surface area (Å²) < 4.78 is 0. The van der Waals surface area contributed by atoms with Crippen LogP contribution in [0.1, 0.15) is 41.3 Å². The van der Waals surface area contributed by atoms with Crippen LogP contribution in [0.3, 0.4) is 0 Å². The molecule has 0 aliphatic carbocycles. The third-order valence-corrected chi connectivity index (χ3v) is 5.12. The molecule has 1 aliphatic rings. The van der Waals surface area contributed by atoms with Gasteiger partial charge >= 0.3 is 0 Å². The monoisotopic (exact) mass is 348 g/mol. The molecule has 1 saturated heterocycles. The highest BCUT2D eigenvalue weighted by Crippen LogP contribution is 2.30. The Hall–Kier alpha value is -2.73. The van der Waals surface area contributed by atoms with E-state index in [0.717, 1.165) is 44.6 Å². The van der Waals surface area contributed by atoms with E-state index in [1.165, 1.54) is 23.1 Å². The van der Waals surface area contributed by atoms with Gasteiger partial charge in [0, 0.05) is 30.6 Å². The van der Waals surface area contributed by atoms with Gasteiger partial charge in [-0.25, -0.2) is 9.97 Å². The number of likely N-dealkylation sites (tertiary alicyclic amines) is 1. The third kappa shape index (κ3) is 3.91. The Morgan fingerprint density at radius 1 is 1.12 bits per heavy atom. The molecule has 0 amide bonds. The topological polar surface area (TPSA) is 83.7 Å². The van der Waals surface area contributed by atoms with Crippen molar-refractivity contribution in [1.82, 2.24) is 25.1 Å². The lowest BCUT2D eigenvalue weighted by Gasteiger charge is -2.31. The number of rotatable bonds is 5. The van der Waals surface area contributed by atoms with Gasteiger partial charge in [0.25, 0.3) is 0 Å². The van der Waals surface area contributed by atoms with E-state index in [0.29, 0.717) is 11.7 Å². The van der Waals surface area contributed by atoms with E-state index in [-0.39, 0.29) is 0 Å². The second-order valence-corrected chi connectivity index (χ2v) is 6.96. The summed E-state index contributed by atoms with van der Waals surface area (Å²) in [6.45, 7) is 2.94. The molecule has 134 valence electrons. The number of nitrogens with two attached hydrogens (primary N) is 1. The molecule has 2 aromatic heterocycles. The maximum absolute atomic E-state index is 5.75. The first-order valence-electron chi connectivity index (χ1n) is 9.13. The van der Waals surface area contributed by atoms with Crippen LogP contribution in [0.4, 0.5) is 5.82 Å². The molecule has 0 saturated carbocycles. The highest BCUT2D eigenvalue weighted by atomic mass is 15.1. The summed E-state index contributed by atoms with van der Waals surface area (Å²) in [5.74, 6) is 1.08. The number of hydrogen-bond donors (Lipinski definition) is 2. The SMILES string of the molecule is Nc1cc(CN2CCC(c3[nH]ncc3Cc3ccccc3)CC2)ncn1. The standard InChI is InChI=1S/C20H24N6/c21-19-11-18(22-14-23-19)13-26-8-6-16(7-9-26)20-17(12-24-25-20)10-15-4-2-1-3-5-15/h1-5,11-12,14,16H,6-10,13H2,(H,24,25)(H2,21,22,23). The number of benzene rings is 1. The number of aromatic amines is 1. The van der Waals surface area contributed by atoms with Gasteiger partial charge in [-0.3, -0.25) is 10.00 Å². The number of piperidine rings is 1. The van der Waals surface area contributed by atoms with E-state index >= 15 is 0 Å². The Bertz CT molecular complexity index is 836. The van der Waals surface area contributed by atoms with Crippen LogP contribution in [0.25, 0.3) is 0 Å². The molecular weight excluding hydrogens is 324 g/mol. The second-order valence-electron chi connectivity index (χ2n) is 6.96. The predicted molar refractivity (Wildman–Crippen MR) is 102 cm³/mol.